The fourth-order valence-corrected chi connectivity index (χ4v) is 4.73. The van der Waals surface area contributed by atoms with Crippen LogP contribution in [0, 0.1) is 0 Å². The van der Waals surface area contributed by atoms with Crippen LogP contribution in [0.3, 0.4) is 0 Å². The summed E-state index contributed by atoms with van der Waals surface area (Å²) in [7, 11) is 0. The molecule has 0 atom stereocenters. The van der Waals surface area contributed by atoms with Gasteiger partial charge in [-0.3, -0.25) is 9.59 Å². The number of aromatic nitrogens is 1. The van der Waals surface area contributed by atoms with Crippen molar-refractivity contribution < 1.29 is 14.3 Å². The maximum atomic E-state index is 12.7. The number of anilines is 1. The molecule has 30 heavy (non-hydrogen) atoms. The molecule has 4 rings (SSSR count). The van der Waals surface area contributed by atoms with Crippen LogP contribution in [-0.4, -0.2) is 29.9 Å². The molecule has 2 aromatic carbocycles. The van der Waals surface area contributed by atoms with Crippen molar-refractivity contribution in [2.24, 2.45) is 0 Å². The third-order valence-electron chi connectivity index (χ3n) is 4.17. The molecule has 0 bridgehead atoms. The highest BCUT2D eigenvalue weighted by Crippen LogP contribution is 2.34. The maximum absolute atomic E-state index is 12.7. The highest BCUT2D eigenvalue weighted by atomic mass is 32.1. The molecular weight excluding hydrogens is 418 g/mol. The Morgan fingerprint density at radius 3 is 2.73 bits per heavy atom. The predicted molar refractivity (Wildman–Crippen MR) is 122 cm³/mol. The lowest BCUT2D eigenvalue weighted by Gasteiger charge is -2.08. The number of nitrogens with one attached hydrogen (secondary N) is 2. The van der Waals surface area contributed by atoms with E-state index >= 15 is 0 Å². The fraction of sp³-hybridized carbons (Fsp3) is 0.136. The standard InChI is InChI=1S/C22H19N3O3S2/c1-2-23-20(26)13-28-15-7-5-6-14(12-15)24-21(27)18-10-11-19(29-18)22-25-16-8-3-4-9-17(16)30-22/h3-12H,2,13H2,1H3,(H,23,26)(H,24,27). The molecule has 8 heteroatoms. The maximum Gasteiger partial charge on any atom is 0.265 e. The van der Waals surface area contributed by atoms with Gasteiger partial charge in [0.1, 0.15) is 10.8 Å². The number of amides is 2. The van der Waals surface area contributed by atoms with E-state index in [-0.39, 0.29) is 18.4 Å². The van der Waals surface area contributed by atoms with E-state index in [2.05, 4.69) is 15.6 Å². The zero-order valence-electron chi connectivity index (χ0n) is 16.2. The van der Waals surface area contributed by atoms with Crippen molar-refractivity contribution in [3.63, 3.8) is 0 Å². The molecular formula is C22H19N3O3S2. The van der Waals surface area contributed by atoms with Crippen LogP contribution >= 0.6 is 22.7 Å². The average molecular weight is 438 g/mol. The van der Waals surface area contributed by atoms with E-state index in [4.69, 9.17) is 4.74 Å². The van der Waals surface area contributed by atoms with Crippen molar-refractivity contribution in [2.75, 3.05) is 18.5 Å². The Balaban J connectivity index is 1.43. The first-order valence-corrected chi connectivity index (χ1v) is 11.0. The Morgan fingerprint density at radius 1 is 1.03 bits per heavy atom. The van der Waals surface area contributed by atoms with Crippen molar-refractivity contribution >= 4 is 50.4 Å². The van der Waals surface area contributed by atoms with E-state index in [0.29, 0.717) is 22.9 Å². The first kappa shape index (κ1) is 20.1. The summed E-state index contributed by atoms with van der Waals surface area (Å²) in [6.07, 6.45) is 0. The van der Waals surface area contributed by atoms with Gasteiger partial charge in [0.25, 0.3) is 11.8 Å². The van der Waals surface area contributed by atoms with Crippen LogP contribution in [0.2, 0.25) is 0 Å². The Hall–Kier alpha value is -3.23. The molecule has 2 heterocycles. The normalized spacial score (nSPS) is 10.7. The number of benzene rings is 2. The molecule has 6 nitrogen and oxygen atoms in total. The number of thiophene rings is 1. The molecule has 0 radical (unpaired) electrons. The number of carbonyl (C=O) groups excluding carboxylic acids is 2. The molecule has 0 aliphatic carbocycles. The third kappa shape index (κ3) is 4.67. The van der Waals surface area contributed by atoms with Gasteiger partial charge in [0.05, 0.1) is 20.0 Å². The van der Waals surface area contributed by atoms with Crippen molar-refractivity contribution in [1.82, 2.24) is 10.3 Å². The largest absolute Gasteiger partial charge is 0.484 e. The first-order valence-electron chi connectivity index (χ1n) is 9.39. The average Bonchev–Trinajstić information content (AvgIpc) is 3.40. The summed E-state index contributed by atoms with van der Waals surface area (Å²) in [5, 5.41) is 6.45. The van der Waals surface area contributed by atoms with Gasteiger partial charge in [0.2, 0.25) is 0 Å². The zero-order valence-corrected chi connectivity index (χ0v) is 17.8. The molecule has 0 aliphatic heterocycles. The number of fused-ring (bicyclic) bond motifs is 1. The number of ether oxygens (including phenoxy) is 1. The number of hydrogen-bond donors (Lipinski definition) is 2. The van der Waals surface area contributed by atoms with Crippen LogP contribution in [0.1, 0.15) is 16.6 Å². The Kier molecular flexibility index (Phi) is 6.06. The number of nitrogens with zero attached hydrogens (tertiary/aromatic N) is 1. The Labute approximate surface area is 181 Å². The molecule has 2 aromatic heterocycles. The second kappa shape index (κ2) is 9.06. The summed E-state index contributed by atoms with van der Waals surface area (Å²) in [6, 6.07) is 18.7. The quantitative estimate of drug-likeness (QED) is 0.436. The van der Waals surface area contributed by atoms with E-state index in [1.165, 1.54) is 11.3 Å². The minimum absolute atomic E-state index is 0.0678. The zero-order chi connectivity index (χ0) is 20.9. The van der Waals surface area contributed by atoms with Crippen LogP contribution in [0.25, 0.3) is 20.1 Å². The number of rotatable bonds is 7. The van der Waals surface area contributed by atoms with E-state index in [1.807, 2.05) is 37.3 Å². The molecule has 0 saturated heterocycles. The van der Waals surface area contributed by atoms with Gasteiger partial charge in [-0.25, -0.2) is 4.98 Å². The SMILES string of the molecule is CCNC(=O)COc1cccc(NC(=O)c2ccc(-c3nc4ccccc4s3)s2)c1. The molecule has 0 fully saturated rings. The molecule has 2 amide bonds. The van der Waals surface area contributed by atoms with Crippen LogP contribution in [-0.2, 0) is 4.79 Å². The van der Waals surface area contributed by atoms with Gasteiger partial charge in [-0.05, 0) is 43.3 Å². The minimum Gasteiger partial charge on any atom is -0.484 e. The highest BCUT2D eigenvalue weighted by Gasteiger charge is 2.14. The molecule has 152 valence electrons. The molecule has 0 spiro atoms. The van der Waals surface area contributed by atoms with Crippen LogP contribution < -0.4 is 15.4 Å². The predicted octanol–water partition coefficient (Wildman–Crippen LogP) is 4.79. The van der Waals surface area contributed by atoms with Gasteiger partial charge in [-0.1, -0.05) is 18.2 Å². The smallest absolute Gasteiger partial charge is 0.265 e. The van der Waals surface area contributed by atoms with Gasteiger partial charge in [0, 0.05) is 18.3 Å². The lowest BCUT2D eigenvalue weighted by Crippen LogP contribution is -2.28. The van der Waals surface area contributed by atoms with Crippen molar-refractivity contribution in [3.05, 3.63) is 65.5 Å². The molecule has 0 saturated carbocycles. The van der Waals surface area contributed by atoms with E-state index in [1.54, 1.807) is 41.7 Å². The number of thiazole rings is 1. The lowest BCUT2D eigenvalue weighted by molar-refractivity contribution is -0.122. The topological polar surface area (TPSA) is 80.3 Å². The van der Waals surface area contributed by atoms with Gasteiger partial charge >= 0.3 is 0 Å². The fourth-order valence-electron chi connectivity index (χ4n) is 2.81. The summed E-state index contributed by atoms with van der Waals surface area (Å²) in [5.41, 5.74) is 1.56. The van der Waals surface area contributed by atoms with Crippen molar-refractivity contribution in [1.29, 1.82) is 0 Å². The number of likely N-dealkylation sites (N-methyl/N-ethyl adjacent to an activating group) is 1. The van der Waals surface area contributed by atoms with Gasteiger partial charge in [0.15, 0.2) is 6.61 Å². The van der Waals surface area contributed by atoms with Gasteiger partial charge in [-0.15, -0.1) is 22.7 Å². The number of carbonyl (C=O) groups is 2. The summed E-state index contributed by atoms with van der Waals surface area (Å²) in [4.78, 5) is 30.4. The minimum atomic E-state index is -0.201. The van der Waals surface area contributed by atoms with Crippen molar-refractivity contribution in [3.8, 4) is 15.6 Å². The number of para-hydroxylation sites is 1. The Morgan fingerprint density at radius 2 is 1.90 bits per heavy atom. The second-order valence-corrected chi connectivity index (χ2v) is 8.49. The third-order valence-corrected chi connectivity index (χ3v) is 6.46. The summed E-state index contributed by atoms with van der Waals surface area (Å²) < 4.78 is 6.59. The Bertz CT molecular complexity index is 1170. The summed E-state index contributed by atoms with van der Waals surface area (Å²) in [6.45, 7) is 2.33. The van der Waals surface area contributed by atoms with Crippen LogP contribution in [0.15, 0.2) is 60.7 Å². The van der Waals surface area contributed by atoms with Crippen LogP contribution in [0.4, 0.5) is 5.69 Å². The van der Waals surface area contributed by atoms with Crippen molar-refractivity contribution in [2.45, 2.75) is 6.92 Å². The van der Waals surface area contributed by atoms with Crippen LogP contribution in [0.5, 0.6) is 5.75 Å². The molecule has 2 N–H and O–H groups in total. The summed E-state index contributed by atoms with van der Waals surface area (Å²) in [5.74, 6) is 0.126. The second-order valence-electron chi connectivity index (χ2n) is 6.37. The summed E-state index contributed by atoms with van der Waals surface area (Å²) >= 11 is 3.02. The van der Waals surface area contributed by atoms with E-state index < -0.39 is 0 Å². The highest BCUT2D eigenvalue weighted by molar-refractivity contribution is 7.26. The monoisotopic (exact) mass is 437 g/mol. The molecule has 4 aromatic rings. The van der Waals surface area contributed by atoms with Gasteiger partial charge in [-0.2, -0.15) is 0 Å². The molecule has 0 aliphatic rings. The first-order chi connectivity index (χ1) is 14.6. The van der Waals surface area contributed by atoms with E-state index in [9.17, 15) is 9.59 Å². The van der Waals surface area contributed by atoms with Gasteiger partial charge < -0.3 is 15.4 Å². The molecule has 0 unspecified atom stereocenters. The lowest BCUT2D eigenvalue weighted by atomic mass is 10.3. The number of hydrogen-bond acceptors (Lipinski definition) is 6. The van der Waals surface area contributed by atoms with E-state index in [0.717, 1.165) is 20.1 Å².